The van der Waals surface area contributed by atoms with Crippen LogP contribution in [0.25, 0.3) is 0 Å². The van der Waals surface area contributed by atoms with Gasteiger partial charge in [0.25, 0.3) is 10.0 Å². The van der Waals surface area contributed by atoms with Gasteiger partial charge in [-0.3, -0.25) is 13.9 Å². The molecule has 2 amide bonds. The number of hydrogen-bond acceptors (Lipinski definition) is 4. The van der Waals surface area contributed by atoms with E-state index in [1.54, 1.807) is 30.3 Å². The van der Waals surface area contributed by atoms with Crippen molar-refractivity contribution in [2.75, 3.05) is 17.4 Å². The molecular formula is C32H41N3O4S. The highest BCUT2D eigenvalue weighted by atomic mass is 32.2. The maximum absolute atomic E-state index is 14.1. The number of nitrogens with zero attached hydrogens (tertiary/aromatic N) is 2. The number of anilines is 1. The van der Waals surface area contributed by atoms with E-state index >= 15 is 0 Å². The topological polar surface area (TPSA) is 86.8 Å². The van der Waals surface area contributed by atoms with Crippen molar-refractivity contribution in [3.8, 4) is 0 Å². The molecule has 7 nitrogen and oxygen atoms in total. The average Bonchev–Trinajstić information content (AvgIpc) is 2.91. The van der Waals surface area contributed by atoms with Crippen molar-refractivity contribution >= 4 is 27.5 Å². The van der Waals surface area contributed by atoms with Crippen LogP contribution in [0.2, 0.25) is 0 Å². The zero-order valence-electron chi connectivity index (χ0n) is 24.4. The molecule has 1 N–H and O–H groups in total. The van der Waals surface area contributed by atoms with E-state index in [2.05, 4.69) is 5.32 Å². The van der Waals surface area contributed by atoms with Gasteiger partial charge < -0.3 is 10.2 Å². The number of benzene rings is 3. The minimum Gasteiger partial charge on any atom is -0.354 e. The van der Waals surface area contributed by atoms with Gasteiger partial charge in [0.2, 0.25) is 11.8 Å². The summed E-state index contributed by atoms with van der Waals surface area (Å²) in [6, 6.07) is 19.1. The number of amides is 2. The molecule has 0 saturated heterocycles. The molecule has 0 bridgehead atoms. The third kappa shape index (κ3) is 7.50. The summed E-state index contributed by atoms with van der Waals surface area (Å²) in [5.74, 6) is -0.694. The lowest BCUT2D eigenvalue weighted by atomic mass is 10.1. The number of carbonyl (C=O) groups is 2. The molecule has 0 aliphatic carbocycles. The molecule has 0 heterocycles. The molecule has 0 spiro atoms. The number of rotatable bonds is 12. The van der Waals surface area contributed by atoms with Crippen LogP contribution >= 0.6 is 0 Å². The smallest absolute Gasteiger partial charge is 0.264 e. The van der Waals surface area contributed by atoms with E-state index in [-0.39, 0.29) is 17.3 Å². The van der Waals surface area contributed by atoms with Gasteiger partial charge in [0.05, 0.1) is 10.6 Å². The summed E-state index contributed by atoms with van der Waals surface area (Å²) in [5.41, 5.74) is 4.99. The lowest BCUT2D eigenvalue weighted by Gasteiger charge is -2.33. The summed E-state index contributed by atoms with van der Waals surface area (Å²) in [6.45, 7) is 11.7. The molecule has 1 atom stereocenters. The van der Waals surface area contributed by atoms with Gasteiger partial charge in [-0.15, -0.1) is 0 Å². The number of hydrogen-bond donors (Lipinski definition) is 1. The van der Waals surface area contributed by atoms with Gasteiger partial charge in [0.15, 0.2) is 0 Å². The van der Waals surface area contributed by atoms with E-state index in [1.165, 1.54) is 9.21 Å². The summed E-state index contributed by atoms with van der Waals surface area (Å²) in [7, 11) is -4.10. The zero-order valence-corrected chi connectivity index (χ0v) is 25.2. The Morgan fingerprint density at radius 2 is 1.50 bits per heavy atom. The first-order valence-corrected chi connectivity index (χ1v) is 15.2. The van der Waals surface area contributed by atoms with Crippen LogP contribution in [0.5, 0.6) is 0 Å². The van der Waals surface area contributed by atoms with Crippen molar-refractivity contribution in [3.05, 3.63) is 94.5 Å². The Labute approximate surface area is 239 Å². The second-order valence-electron chi connectivity index (χ2n) is 10.3. The van der Waals surface area contributed by atoms with Crippen molar-refractivity contribution in [1.29, 1.82) is 0 Å². The molecule has 0 fully saturated rings. The average molecular weight is 564 g/mol. The molecule has 0 radical (unpaired) electrons. The summed E-state index contributed by atoms with van der Waals surface area (Å²) >= 11 is 0. The fourth-order valence-corrected chi connectivity index (χ4v) is 6.21. The normalized spacial score (nSPS) is 12.1. The quantitative estimate of drug-likeness (QED) is 0.318. The first-order chi connectivity index (χ1) is 19.0. The van der Waals surface area contributed by atoms with Gasteiger partial charge in [-0.05, 0) is 69.9 Å². The predicted octanol–water partition coefficient (Wildman–Crippen LogP) is 5.45. The zero-order chi connectivity index (χ0) is 29.4. The molecule has 214 valence electrons. The highest BCUT2D eigenvalue weighted by Gasteiger charge is 2.34. The molecule has 8 heteroatoms. The molecular weight excluding hydrogens is 522 g/mol. The van der Waals surface area contributed by atoms with Gasteiger partial charge in [0, 0.05) is 13.1 Å². The number of nitrogens with one attached hydrogen (secondary N) is 1. The van der Waals surface area contributed by atoms with Crippen molar-refractivity contribution in [1.82, 2.24) is 10.2 Å². The Morgan fingerprint density at radius 3 is 2.10 bits per heavy atom. The molecule has 3 rings (SSSR count). The minimum absolute atomic E-state index is 0.101. The van der Waals surface area contributed by atoms with Crippen LogP contribution in [0, 0.1) is 27.7 Å². The van der Waals surface area contributed by atoms with Gasteiger partial charge in [-0.2, -0.15) is 0 Å². The molecule has 3 aromatic rings. The third-order valence-electron chi connectivity index (χ3n) is 6.88. The number of aryl methyl sites for hydroxylation is 4. The Balaban J connectivity index is 2.09. The molecule has 3 aromatic carbocycles. The van der Waals surface area contributed by atoms with Crippen LogP contribution in [0.3, 0.4) is 0 Å². The SMILES string of the molecule is CCCNC(=O)[C@H](CC)N(Cc1cccc(C)c1)C(=O)CN(c1ccc(C)cc1C)S(=O)(=O)c1ccc(C)cc1. The van der Waals surface area contributed by atoms with Crippen molar-refractivity contribution < 1.29 is 18.0 Å². The van der Waals surface area contributed by atoms with Gasteiger partial charge in [0.1, 0.15) is 12.6 Å². The van der Waals surface area contributed by atoms with Gasteiger partial charge in [-0.1, -0.05) is 79.1 Å². The highest BCUT2D eigenvalue weighted by Crippen LogP contribution is 2.28. The Bertz CT molecular complexity index is 1430. The largest absolute Gasteiger partial charge is 0.354 e. The summed E-state index contributed by atoms with van der Waals surface area (Å²) in [6.07, 6.45) is 1.16. The van der Waals surface area contributed by atoms with Crippen LogP contribution in [-0.2, 0) is 26.2 Å². The molecule has 0 aromatic heterocycles. The first-order valence-electron chi connectivity index (χ1n) is 13.8. The van der Waals surface area contributed by atoms with Gasteiger partial charge >= 0.3 is 0 Å². The lowest BCUT2D eigenvalue weighted by molar-refractivity contribution is -0.140. The van der Waals surface area contributed by atoms with E-state index in [9.17, 15) is 18.0 Å². The van der Waals surface area contributed by atoms with E-state index in [0.717, 1.165) is 34.2 Å². The van der Waals surface area contributed by atoms with Crippen molar-refractivity contribution in [3.63, 3.8) is 0 Å². The van der Waals surface area contributed by atoms with Gasteiger partial charge in [-0.25, -0.2) is 8.42 Å². The maximum Gasteiger partial charge on any atom is 0.264 e. The Morgan fingerprint density at radius 1 is 0.850 bits per heavy atom. The molecule has 0 unspecified atom stereocenters. The lowest BCUT2D eigenvalue weighted by Crippen LogP contribution is -2.52. The minimum atomic E-state index is -4.10. The summed E-state index contributed by atoms with van der Waals surface area (Å²) in [5, 5.41) is 2.91. The van der Waals surface area contributed by atoms with Crippen LogP contribution in [-0.4, -0.2) is 44.3 Å². The van der Waals surface area contributed by atoms with E-state index in [0.29, 0.717) is 18.7 Å². The standard InChI is InChI=1S/C32H41N3O4S/c1-7-18-33-32(37)29(8-2)34(21-27-11-9-10-24(4)20-27)31(36)22-35(30-17-14-25(5)19-26(30)6)40(38,39)28-15-12-23(3)13-16-28/h9-17,19-20,29H,7-8,18,21-22H2,1-6H3,(H,33,37)/t29-/m0/s1. The molecule has 40 heavy (non-hydrogen) atoms. The second kappa shape index (κ2) is 13.6. The van der Waals surface area contributed by atoms with Crippen LogP contribution < -0.4 is 9.62 Å². The van der Waals surface area contributed by atoms with E-state index in [1.807, 2.05) is 77.9 Å². The van der Waals surface area contributed by atoms with E-state index in [4.69, 9.17) is 0 Å². The fraction of sp³-hybridized carbons (Fsp3) is 0.375. The van der Waals surface area contributed by atoms with Crippen molar-refractivity contribution in [2.45, 2.75) is 71.9 Å². The Kier molecular flexibility index (Phi) is 10.5. The fourth-order valence-electron chi connectivity index (χ4n) is 4.73. The van der Waals surface area contributed by atoms with Crippen LogP contribution in [0.1, 0.15) is 54.5 Å². The second-order valence-corrected chi connectivity index (χ2v) is 12.2. The number of carbonyl (C=O) groups excluding carboxylic acids is 2. The van der Waals surface area contributed by atoms with Crippen LogP contribution in [0.4, 0.5) is 5.69 Å². The summed E-state index contributed by atoms with van der Waals surface area (Å²) < 4.78 is 29.2. The van der Waals surface area contributed by atoms with Crippen molar-refractivity contribution in [2.24, 2.45) is 0 Å². The van der Waals surface area contributed by atoms with Crippen LogP contribution in [0.15, 0.2) is 71.6 Å². The first kappa shape index (κ1) is 30.9. The highest BCUT2D eigenvalue weighted by molar-refractivity contribution is 7.92. The van der Waals surface area contributed by atoms with E-state index < -0.39 is 28.5 Å². The summed E-state index contributed by atoms with van der Waals surface area (Å²) in [4.78, 5) is 29.0. The molecule has 0 saturated carbocycles. The molecule has 0 aliphatic rings. The number of sulfonamides is 1. The Hall–Kier alpha value is -3.65. The maximum atomic E-state index is 14.1. The predicted molar refractivity (Wildman–Crippen MR) is 161 cm³/mol. The third-order valence-corrected chi connectivity index (χ3v) is 8.65. The molecule has 0 aliphatic heterocycles. The monoisotopic (exact) mass is 563 g/mol.